The zero-order valence-corrected chi connectivity index (χ0v) is 16.0. The van der Waals surface area contributed by atoms with Crippen LogP contribution in [0.1, 0.15) is 56.1 Å². The topological polar surface area (TPSA) is 40.5 Å². The van der Waals surface area contributed by atoms with Crippen LogP contribution in [-0.2, 0) is 6.42 Å². The lowest BCUT2D eigenvalue weighted by Crippen LogP contribution is -2.44. The van der Waals surface area contributed by atoms with Gasteiger partial charge in [0.05, 0.1) is 15.0 Å². The van der Waals surface area contributed by atoms with Crippen LogP contribution < -0.4 is 0 Å². The molecule has 0 bridgehead atoms. The molecule has 22 heavy (non-hydrogen) atoms. The van der Waals surface area contributed by atoms with E-state index in [9.17, 15) is 10.2 Å². The highest BCUT2D eigenvalue weighted by Gasteiger charge is 2.54. The van der Waals surface area contributed by atoms with Crippen molar-refractivity contribution in [3.05, 3.63) is 26.1 Å². The maximum Gasteiger partial charge on any atom is 0.144 e. The Hall–Kier alpha value is -0.0600. The first kappa shape index (κ1) is 15.5. The SMILES string of the molecule is C[C@]12CC[C@@H]3c4cc(Br)c(O)c(Br)c4CC[C@H]3[C@@H]1CC[C@@H]2O. The summed E-state index contributed by atoms with van der Waals surface area (Å²) in [5.74, 6) is 2.25. The van der Waals surface area contributed by atoms with Gasteiger partial charge in [-0.3, -0.25) is 0 Å². The zero-order valence-electron chi connectivity index (χ0n) is 12.8. The molecule has 0 aliphatic heterocycles. The normalized spacial score (nSPS) is 40.0. The van der Waals surface area contributed by atoms with Gasteiger partial charge in [0.15, 0.2) is 0 Å². The van der Waals surface area contributed by atoms with Crippen molar-refractivity contribution in [1.29, 1.82) is 0 Å². The fourth-order valence-electron chi connectivity index (χ4n) is 5.61. The van der Waals surface area contributed by atoms with Crippen molar-refractivity contribution in [3.63, 3.8) is 0 Å². The minimum absolute atomic E-state index is 0.113. The molecule has 2 N–H and O–H groups in total. The summed E-state index contributed by atoms with van der Waals surface area (Å²) in [4.78, 5) is 0. The third-order valence-corrected chi connectivity index (χ3v) is 8.30. The molecule has 2 nitrogen and oxygen atoms in total. The number of phenolic OH excluding ortho intramolecular Hbond substituents is 1. The Kier molecular flexibility index (Phi) is 3.67. The number of aliphatic hydroxyl groups is 1. The van der Waals surface area contributed by atoms with Gasteiger partial charge < -0.3 is 10.2 Å². The molecule has 3 aliphatic carbocycles. The van der Waals surface area contributed by atoms with Crippen molar-refractivity contribution < 1.29 is 10.2 Å². The number of aliphatic hydroxyl groups excluding tert-OH is 1. The van der Waals surface area contributed by atoms with Crippen LogP contribution in [0.5, 0.6) is 5.75 Å². The second-order valence-corrected chi connectivity index (χ2v) is 9.29. The van der Waals surface area contributed by atoms with Crippen LogP contribution in [0.4, 0.5) is 0 Å². The Morgan fingerprint density at radius 1 is 1.18 bits per heavy atom. The average molecular weight is 430 g/mol. The van der Waals surface area contributed by atoms with Crippen molar-refractivity contribution >= 4 is 31.9 Å². The maximum absolute atomic E-state index is 10.4. The Bertz CT molecular complexity index is 630. The van der Waals surface area contributed by atoms with Gasteiger partial charge in [0.1, 0.15) is 5.75 Å². The van der Waals surface area contributed by atoms with Crippen LogP contribution >= 0.6 is 31.9 Å². The molecule has 2 fully saturated rings. The molecule has 0 spiro atoms. The van der Waals surface area contributed by atoms with Gasteiger partial charge in [-0.25, -0.2) is 0 Å². The van der Waals surface area contributed by atoms with Gasteiger partial charge in [-0.2, -0.15) is 0 Å². The van der Waals surface area contributed by atoms with E-state index in [4.69, 9.17) is 0 Å². The molecule has 0 heterocycles. The summed E-state index contributed by atoms with van der Waals surface area (Å²) in [6.45, 7) is 2.31. The molecule has 2 saturated carbocycles. The number of hydrogen-bond donors (Lipinski definition) is 2. The quantitative estimate of drug-likeness (QED) is 0.599. The molecular formula is C18H22Br2O2. The van der Waals surface area contributed by atoms with Gasteiger partial charge in [0.25, 0.3) is 0 Å². The molecule has 1 aromatic rings. The standard InChI is InChI=1S/C18H22Br2O2/c1-18-7-6-9-10(13(18)4-5-15(18)21)2-3-11-12(9)8-14(19)17(22)16(11)20/h8-10,13,15,21-22H,2-7H2,1H3/t9-,10+,13-,15-,18-/m0/s1. The summed E-state index contributed by atoms with van der Waals surface area (Å²) in [5, 5.41) is 20.6. The fraction of sp³-hybridized carbons (Fsp3) is 0.667. The van der Waals surface area contributed by atoms with E-state index in [0.717, 1.165) is 34.6 Å². The number of halogens is 2. The molecule has 0 amide bonds. The summed E-state index contributed by atoms with van der Waals surface area (Å²) in [6, 6.07) is 2.14. The third kappa shape index (κ3) is 1.99. The van der Waals surface area contributed by atoms with Crippen molar-refractivity contribution in [2.45, 2.75) is 57.5 Å². The monoisotopic (exact) mass is 428 g/mol. The lowest BCUT2D eigenvalue weighted by Gasteiger charge is -2.50. The van der Waals surface area contributed by atoms with E-state index < -0.39 is 0 Å². The van der Waals surface area contributed by atoms with Gasteiger partial charge in [-0.05, 0) is 111 Å². The second-order valence-electron chi connectivity index (χ2n) is 7.64. The summed E-state index contributed by atoms with van der Waals surface area (Å²) in [7, 11) is 0. The van der Waals surface area contributed by atoms with Crippen molar-refractivity contribution in [1.82, 2.24) is 0 Å². The highest BCUT2D eigenvalue weighted by molar-refractivity contribution is 9.11. The summed E-state index contributed by atoms with van der Waals surface area (Å²) in [5.41, 5.74) is 2.84. The van der Waals surface area contributed by atoms with Gasteiger partial charge in [-0.1, -0.05) is 6.92 Å². The summed E-state index contributed by atoms with van der Waals surface area (Å²) in [6.07, 6.45) is 6.53. The fourth-order valence-corrected chi connectivity index (χ4v) is 6.96. The lowest BCUT2D eigenvalue weighted by atomic mass is 9.55. The Morgan fingerprint density at radius 3 is 2.73 bits per heavy atom. The molecule has 0 radical (unpaired) electrons. The van der Waals surface area contributed by atoms with Gasteiger partial charge in [0, 0.05) is 0 Å². The van der Waals surface area contributed by atoms with Gasteiger partial charge in [-0.15, -0.1) is 0 Å². The van der Waals surface area contributed by atoms with E-state index >= 15 is 0 Å². The molecule has 0 saturated heterocycles. The van der Waals surface area contributed by atoms with Crippen LogP contribution in [-0.4, -0.2) is 16.3 Å². The van der Waals surface area contributed by atoms with E-state index in [1.165, 1.54) is 24.0 Å². The number of hydrogen-bond acceptors (Lipinski definition) is 2. The molecule has 0 aromatic heterocycles. The van der Waals surface area contributed by atoms with E-state index in [1.807, 2.05) is 0 Å². The molecule has 4 heteroatoms. The van der Waals surface area contributed by atoms with Gasteiger partial charge in [0.2, 0.25) is 0 Å². The molecule has 120 valence electrons. The van der Waals surface area contributed by atoms with Crippen LogP contribution in [0.15, 0.2) is 15.0 Å². The van der Waals surface area contributed by atoms with E-state index in [0.29, 0.717) is 23.5 Å². The predicted octanol–water partition coefficient (Wildman–Crippen LogP) is 5.13. The van der Waals surface area contributed by atoms with Crippen LogP contribution in [0.3, 0.4) is 0 Å². The number of fused-ring (bicyclic) bond motifs is 5. The van der Waals surface area contributed by atoms with Crippen LogP contribution in [0.25, 0.3) is 0 Å². The highest BCUT2D eigenvalue weighted by Crippen LogP contribution is 2.61. The molecular weight excluding hydrogens is 408 g/mol. The molecule has 1 aromatic carbocycles. The first-order chi connectivity index (χ1) is 10.4. The number of benzene rings is 1. The molecule has 0 unspecified atom stereocenters. The van der Waals surface area contributed by atoms with Crippen molar-refractivity contribution in [2.24, 2.45) is 17.3 Å². The number of rotatable bonds is 0. The van der Waals surface area contributed by atoms with E-state index in [2.05, 4.69) is 44.8 Å². The maximum atomic E-state index is 10.4. The largest absolute Gasteiger partial charge is 0.506 e. The van der Waals surface area contributed by atoms with Gasteiger partial charge >= 0.3 is 0 Å². The second kappa shape index (κ2) is 5.22. The molecule has 5 atom stereocenters. The Morgan fingerprint density at radius 2 is 1.95 bits per heavy atom. The van der Waals surface area contributed by atoms with E-state index in [1.54, 1.807) is 0 Å². The first-order valence-electron chi connectivity index (χ1n) is 8.31. The Labute approximate surface area is 148 Å². The van der Waals surface area contributed by atoms with Crippen molar-refractivity contribution in [3.8, 4) is 5.75 Å². The predicted molar refractivity (Wildman–Crippen MR) is 94.1 cm³/mol. The molecule has 4 rings (SSSR count). The van der Waals surface area contributed by atoms with E-state index in [-0.39, 0.29) is 11.5 Å². The third-order valence-electron chi connectivity index (χ3n) is 6.84. The molecule has 3 aliphatic rings. The highest BCUT2D eigenvalue weighted by atomic mass is 79.9. The zero-order chi connectivity index (χ0) is 15.6. The smallest absolute Gasteiger partial charge is 0.144 e. The van der Waals surface area contributed by atoms with Crippen LogP contribution in [0.2, 0.25) is 0 Å². The number of aromatic hydroxyl groups is 1. The lowest BCUT2D eigenvalue weighted by molar-refractivity contribution is -0.0226. The minimum atomic E-state index is -0.113. The van der Waals surface area contributed by atoms with Crippen molar-refractivity contribution in [2.75, 3.05) is 0 Å². The summed E-state index contributed by atoms with van der Waals surface area (Å²) >= 11 is 7.09. The van der Waals surface area contributed by atoms with Crippen LogP contribution in [0, 0.1) is 17.3 Å². The first-order valence-corrected chi connectivity index (χ1v) is 9.90. The number of phenols is 1. The summed E-state index contributed by atoms with van der Waals surface area (Å²) < 4.78 is 1.66. The average Bonchev–Trinajstić information content (AvgIpc) is 2.80. The Balaban J connectivity index is 1.76. The minimum Gasteiger partial charge on any atom is -0.506 e.